The summed E-state index contributed by atoms with van der Waals surface area (Å²) in [6.45, 7) is 1.40. The van der Waals surface area contributed by atoms with Gasteiger partial charge in [-0.1, -0.05) is 0 Å². The average Bonchev–Trinajstić information content (AvgIpc) is 2.31. The molecule has 0 aliphatic carbocycles. The molecule has 0 amide bonds. The number of carbonyl (C=O) groups excluding carboxylic acids is 1. The highest BCUT2D eigenvalue weighted by Crippen LogP contribution is 2.16. The van der Waals surface area contributed by atoms with Gasteiger partial charge in [0.05, 0.1) is 6.42 Å². The topological polar surface area (TPSA) is 52.1 Å². The fraction of sp³-hybridized carbons (Fsp3) is 0.545. The number of carbonyl (C=O) groups is 1. The smallest absolute Gasteiger partial charge is 0.143 e. The van der Waals surface area contributed by atoms with E-state index in [9.17, 15) is 4.79 Å². The number of aromatic nitrogens is 2. The molecule has 80 valence electrons. The van der Waals surface area contributed by atoms with Crippen LogP contribution in [0.4, 0.5) is 0 Å². The van der Waals surface area contributed by atoms with E-state index in [1.807, 2.05) is 0 Å². The van der Waals surface area contributed by atoms with Crippen molar-refractivity contribution in [1.82, 2.24) is 9.97 Å². The number of ether oxygens (including phenoxy) is 1. The van der Waals surface area contributed by atoms with Crippen molar-refractivity contribution in [3.8, 4) is 0 Å². The van der Waals surface area contributed by atoms with Gasteiger partial charge in [0.25, 0.3) is 0 Å². The summed E-state index contributed by atoms with van der Waals surface area (Å²) in [4.78, 5) is 19.9. The molecule has 0 unspecified atom stereocenters. The molecule has 0 aromatic carbocycles. The minimum atomic E-state index is 0.141. The highest BCUT2D eigenvalue weighted by Gasteiger charge is 2.21. The van der Waals surface area contributed by atoms with Gasteiger partial charge in [0.1, 0.15) is 11.6 Å². The molecule has 4 heteroatoms. The van der Waals surface area contributed by atoms with Crippen LogP contribution in [0, 0.1) is 5.92 Å². The lowest BCUT2D eigenvalue weighted by Crippen LogP contribution is -2.25. The third-order valence-electron chi connectivity index (χ3n) is 2.63. The molecule has 0 N–H and O–H groups in total. The van der Waals surface area contributed by atoms with Crippen LogP contribution in [-0.2, 0) is 16.0 Å². The Balaban J connectivity index is 1.91. The zero-order chi connectivity index (χ0) is 10.5. The summed E-state index contributed by atoms with van der Waals surface area (Å²) < 4.78 is 5.22. The van der Waals surface area contributed by atoms with E-state index in [-0.39, 0.29) is 11.7 Å². The van der Waals surface area contributed by atoms with Gasteiger partial charge in [0.15, 0.2) is 0 Å². The van der Waals surface area contributed by atoms with E-state index in [1.165, 1.54) is 0 Å². The molecule has 1 aliphatic heterocycles. The molecule has 1 aromatic rings. The van der Waals surface area contributed by atoms with Crippen LogP contribution in [0.2, 0.25) is 0 Å². The van der Waals surface area contributed by atoms with Crippen LogP contribution in [0.1, 0.15) is 18.7 Å². The second kappa shape index (κ2) is 4.98. The maximum absolute atomic E-state index is 11.8. The molecule has 2 heterocycles. The Labute approximate surface area is 88.7 Å². The predicted molar refractivity (Wildman–Crippen MR) is 54.3 cm³/mol. The van der Waals surface area contributed by atoms with Crippen LogP contribution in [-0.4, -0.2) is 29.0 Å². The summed E-state index contributed by atoms with van der Waals surface area (Å²) in [7, 11) is 0. The van der Waals surface area contributed by atoms with Crippen molar-refractivity contribution in [3.05, 3.63) is 24.3 Å². The number of ketones is 1. The van der Waals surface area contributed by atoms with Crippen molar-refractivity contribution in [2.45, 2.75) is 19.3 Å². The van der Waals surface area contributed by atoms with Gasteiger partial charge in [-0.15, -0.1) is 0 Å². The van der Waals surface area contributed by atoms with Gasteiger partial charge in [0.2, 0.25) is 0 Å². The number of hydrogen-bond acceptors (Lipinski definition) is 4. The quantitative estimate of drug-likeness (QED) is 0.740. The van der Waals surface area contributed by atoms with Crippen LogP contribution >= 0.6 is 0 Å². The van der Waals surface area contributed by atoms with Crippen molar-refractivity contribution >= 4 is 5.78 Å². The molecule has 0 bridgehead atoms. The summed E-state index contributed by atoms with van der Waals surface area (Å²) in [5.41, 5.74) is 0. The molecular formula is C11H14N2O2. The third-order valence-corrected chi connectivity index (χ3v) is 2.63. The minimum absolute atomic E-state index is 0.141. The first-order chi connectivity index (χ1) is 7.36. The molecule has 0 radical (unpaired) electrons. The van der Waals surface area contributed by atoms with Gasteiger partial charge in [-0.2, -0.15) is 0 Å². The van der Waals surface area contributed by atoms with E-state index in [2.05, 4.69) is 9.97 Å². The van der Waals surface area contributed by atoms with Crippen molar-refractivity contribution in [3.63, 3.8) is 0 Å². The second-order valence-electron chi connectivity index (χ2n) is 3.69. The molecule has 1 aliphatic rings. The lowest BCUT2D eigenvalue weighted by molar-refractivity contribution is -0.125. The molecule has 4 nitrogen and oxygen atoms in total. The Bertz CT molecular complexity index is 321. The van der Waals surface area contributed by atoms with E-state index in [4.69, 9.17) is 4.74 Å². The molecule has 1 saturated heterocycles. The van der Waals surface area contributed by atoms with Crippen LogP contribution in [0.3, 0.4) is 0 Å². The summed E-state index contributed by atoms with van der Waals surface area (Å²) in [5, 5.41) is 0. The molecule has 1 fully saturated rings. The highest BCUT2D eigenvalue weighted by molar-refractivity contribution is 5.82. The van der Waals surface area contributed by atoms with Gasteiger partial charge in [0, 0.05) is 31.5 Å². The Kier molecular flexibility index (Phi) is 3.40. The van der Waals surface area contributed by atoms with Gasteiger partial charge < -0.3 is 4.74 Å². The largest absolute Gasteiger partial charge is 0.381 e. The fourth-order valence-electron chi connectivity index (χ4n) is 1.74. The summed E-state index contributed by atoms with van der Waals surface area (Å²) >= 11 is 0. The Morgan fingerprint density at radius 3 is 2.67 bits per heavy atom. The van der Waals surface area contributed by atoms with Crippen molar-refractivity contribution in [1.29, 1.82) is 0 Å². The molecule has 0 spiro atoms. The van der Waals surface area contributed by atoms with Crippen molar-refractivity contribution in [2.24, 2.45) is 5.92 Å². The molecule has 1 aromatic heterocycles. The first-order valence-electron chi connectivity index (χ1n) is 5.22. The molecule has 0 atom stereocenters. The lowest BCUT2D eigenvalue weighted by atomic mass is 9.93. The first-order valence-corrected chi connectivity index (χ1v) is 5.22. The van der Waals surface area contributed by atoms with E-state index in [0.29, 0.717) is 25.5 Å². The van der Waals surface area contributed by atoms with Crippen LogP contribution in [0.25, 0.3) is 0 Å². The first kappa shape index (κ1) is 10.2. The highest BCUT2D eigenvalue weighted by atomic mass is 16.5. The standard InChI is InChI=1S/C11H14N2O2/c14-10(9-2-6-15-7-3-9)8-11-12-4-1-5-13-11/h1,4-5,9H,2-3,6-8H2. The van der Waals surface area contributed by atoms with E-state index in [0.717, 1.165) is 12.8 Å². The zero-order valence-electron chi connectivity index (χ0n) is 8.56. The Morgan fingerprint density at radius 1 is 1.33 bits per heavy atom. The Hall–Kier alpha value is -1.29. The van der Waals surface area contributed by atoms with E-state index >= 15 is 0 Å². The fourth-order valence-corrected chi connectivity index (χ4v) is 1.74. The summed E-state index contributed by atoms with van der Waals surface area (Å²) in [6, 6.07) is 1.75. The monoisotopic (exact) mass is 206 g/mol. The summed E-state index contributed by atoms with van der Waals surface area (Å²) in [6.07, 6.45) is 5.36. The number of Topliss-reactive ketones (excluding diaryl/α,β-unsaturated/α-hetero) is 1. The second-order valence-corrected chi connectivity index (χ2v) is 3.69. The predicted octanol–water partition coefficient (Wildman–Crippen LogP) is 1.01. The number of rotatable bonds is 3. The Morgan fingerprint density at radius 2 is 2.00 bits per heavy atom. The maximum Gasteiger partial charge on any atom is 0.143 e. The zero-order valence-corrected chi connectivity index (χ0v) is 8.56. The normalized spacial score (nSPS) is 17.6. The van der Waals surface area contributed by atoms with Crippen LogP contribution < -0.4 is 0 Å². The number of nitrogens with zero attached hydrogens (tertiary/aromatic N) is 2. The molecular weight excluding hydrogens is 192 g/mol. The van der Waals surface area contributed by atoms with Gasteiger partial charge in [-0.25, -0.2) is 9.97 Å². The molecule has 0 saturated carbocycles. The molecule has 2 rings (SSSR count). The molecule has 15 heavy (non-hydrogen) atoms. The van der Waals surface area contributed by atoms with Crippen LogP contribution in [0.15, 0.2) is 18.5 Å². The van der Waals surface area contributed by atoms with Crippen LogP contribution in [0.5, 0.6) is 0 Å². The van der Waals surface area contributed by atoms with Gasteiger partial charge in [-0.05, 0) is 18.9 Å². The van der Waals surface area contributed by atoms with Gasteiger partial charge >= 0.3 is 0 Å². The van der Waals surface area contributed by atoms with Gasteiger partial charge in [-0.3, -0.25) is 4.79 Å². The number of hydrogen-bond donors (Lipinski definition) is 0. The van der Waals surface area contributed by atoms with E-state index in [1.54, 1.807) is 18.5 Å². The minimum Gasteiger partial charge on any atom is -0.381 e. The third kappa shape index (κ3) is 2.83. The van der Waals surface area contributed by atoms with E-state index < -0.39 is 0 Å². The average molecular weight is 206 g/mol. The van der Waals surface area contributed by atoms with Crippen molar-refractivity contribution in [2.75, 3.05) is 13.2 Å². The lowest BCUT2D eigenvalue weighted by Gasteiger charge is -2.20. The van der Waals surface area contributed by atoms with Crippen molar-refractivity contribution < 1.29 is 9.53 Å². The summed E-state index contributed by atoms with van der Waals surface area (Å²) in [5.74, 6) is 1.00. The maximum atomic E-state index is 11.8. The SMILES string of the molecule is O=C(Cc1ncccn1)C1CCOCC1.